The van der Waals surface area contributed by atoms with Crippen molar-refractivity contribution in [3.63, 3.8) is 0 Å². The lowest BCUT2D eigenvalue weighted by Crippen LogP contribution is -2.42. The van der Waals surface area contributed by atoms with Gasteiger partial charge in [0.1, 0.15) is 0 Å². The third-order valence-electron chi connectivity index (χ3n) is 4.66. The fourth-order valence-corrected chi connectivity index (χ4v) is 3.65. The van der Waals surface area contributed by atoms with Crippen molar-refractivity contribution in [1.82, 2.24) is 5.32 Å². The third-order valence-corrected chi connectivity index (χ3v) is 4.66. The molecule has 2 nitrogen and oxygen atoms in total. The smallest absolute Gasteiger partial charge is 0.0587 e. The second-order valence-electron chi connectivity index (χ2n) is 5.61. The lowest BCUT2D eigenvalue weighted by molar-refractivity contribution is 0.0838. The second-order valence-corrected chi connectivity index (χ2v) is 5.61. The average molecular weight is 241 g/mol. The number of hydrogen-bond donors (Lipinski definition) is 1. The van der Waals surface area contributed by atoms with E-state index in [1.54, 1.807) is 7.11 Å². The normalized spacial score (nSPS) is 19.8. The molecule has 102 valence electrons. The molecule has 0 atom stereocenters. The molecule has 0 bridgehead atoms. The van der Waals surface area contributed by atoms with E-state index in [0.29, 0.717) is 5.41 Å². The number of rotatable bonds is 8. The highest BCUT2D eigenvalue weighted by atomic mass is 16.5. The minimum atomic E-state index is 0.579. The van der Waals surface area contributed by atoms with Crippen molar-refractivity contribution in [2.24, 2.45) is 11.3 Å². The van der Waals surface area contributed by atoms with Crippen LogP contribution in [-0.4, -0.2) is 26.8 Å². The zero-order chi connectivity index (χ0) is 12.6. The molecule has 1 fully saturated rings. The fourth-order valence-electron chi connectivity index (χ4n) is 3.65. The lowest BCUT2D eigenvalue weighted by Gasteiger charge is -2.44. The van der Waals surface area contributed by atoms with Crippen LogP contribution in [-0.2, 0) is 4.74 Å². The van der Waals surface area contributed by atoms with Gasteiger partial charge in [-0.1, -0.05) is 46.0 Å². The summed E-state index contributed by atoms with van der Waals surface area (Å²) in [5.74, 6) is 0.901. The van der Waals surface area contributed by atoms with Gasteiger partial charge in [-0.15, -0.1) is 0 Å². The lowest BCUT2D eigenvalue weighted by atomic mass is 9.64. The molecule has 0 aromatic heterocycles. The van der Waals surface area contributed by atoms with Crippen molar-refractivity contribution < 1.29 is 4.74 Å². The number of hydrogen-bond acceptors (Lipinski definition) is 2. The molecule has 0 spiro atoms. The second kappa shape index (κ2) is 8.10. The van der Waals surface area contributed by atoms with Gasteiger partial charge in [0.05, 0.1) is 6.61 Å². The first kappa shape index (κ1) is 15.0. The van der Waals surface area contributed by atoms with Crippen molar-refractivity contribution >= 4 is 0 Å². The maximum atomic E-state index is 5.11. The molecule has 0 heterocycles. The van der Waals surface area contributed by atoms with E-state index >= 15 is 0 Å². The summed E-state index contributed by atoms with van der Waals surface area (Å²) in [6.07, 6.45) is 9.84. The van der Waals surface area contributed by atoms with Crippen LogP contribution in [0.1, 0.15) is 58.8 Å². The molecular weight excluding hydrogens is 210 g/mol. The van der Waals surface area contributed by atoms with Crippen molar-refractivity contribution in [2.45, 2.75) is 58.8 Å². The van der Waals surface area contributed by atoms with Crippen LogP contribution in [0.25, 0.3) is 0 Å². The Hall–Kier alpha value is -0.0800. The van der Waals surface area contributed by atoms with Gasteiger partial charge >= 0.3 is 0 Å². The van der Waals surface area contributed by atoms with E-state index in [2.05, 4.69) is 19.2 Å². The predicted octanol–water partition coefficient (Wildman–Crippen LogP) is 3.61. The van der Waals surface area contributed by atoms with Crippen molar-refractivity contribution in [3.8, 4) is 0 Å². The summed E-state index contributed by atoms with van der Waals surface area (Å²) in [6.45, 7) is 7.75. The Morgan fingerprint density at radius 2 is 1.76 bits per heavy atom. The van der Waals surface area contributed by atoms with Gasteiger partial charge in [0.2, 0.25) is 0 Å². The molecule has 1 aliphatic rings. The van der Waals surface area contributed by atoms with Crippen molar-refractivity contribution in [1.29, 1.82) is 0 Å². The molecule has 0 saturated heterocycles. The standard InChI is InChI=1S/C15H31NO/c1-4-14(5-2)15(9-7-6-8-10-15)13-16-11-12-17-3/h14,16H,4-13H2,1-3H3. The molecule has 0 aliphatic heterocycles. The molecular formula is C15H31NO. The molecule has 0 aromatic rings. The minimum absolute atomic E-state index is 0.579. The van der Waals surface area contributed by atoms with Gasteiger partial charge in [0.15, 0.2) is 0 Å². The van der Waals surface area contributed by atoms with E-state index in [0.717, 1.165) is 19.1 Å². The van der Waals surface area contributed by atoms with E-state index in [1.807, 2.05) is 0 Å². The van der Waals surface area contributed by atoms with Crippen LogP contribution in [0, 0.1) is 11.3 Å². The summed E-state index contributed by atoms with van der Waals surface area (Å²) >= 11 is 0. The Morgan fingerprint density at radius 3 is 2.29 bits per heavy atom. The van der Waals surface area contributed by atoms with E-state index < -0.39 is 0 Å². The van der Waals surface area contributed by atoms with E-state index in [1.165, 1.54) is 51.5 Å². The molecule has 1 rings (SSSR count). The first-order valence-corrected chi connectivity index (χ1v) is 7.48. The number of methoxy groups -OCH3 is 1. The topological polar surface area (TPSA) is 21.3 Å². The van der Waals surface area contributed by atoms with Gasteiger partial charge in [-0.3, -0.25) is 0 Å². The Labute approximate surface area is 108 Å². The Morgan fingerprint density at radius 1 is 1.12 bits per heavy atom. The van der Waals surface area contributed by atoms with Crippen LogP contribution in [0.4, 0.5) is 0 Å². The van der Waals surface area contributed by atoms with Crippen LogP contribution >= 0.6 is 0 Å². The minimum Gasteiger partial charge on any atom is -0.383 e. The highest BCUT2D eigenvalue weighted by Crippen LogP contribution is 2.44. The monoisotopic (exact) mass is 241 g/mol. The quantitative estimate of drug-likeness (QED) is 0.656. The van der Waals surface area contributed by atoms with Gasteiger partial charge in [0.25, 0.3) is 0 Å². The van der Waals surface area contributed by atoms with Gasteiger partial charge in [0, 0.05) is 20.2 Å². The maximum Gasteiger partial charge on any atom is 0.0587 e. The molecule has 1 N–H and O–H groups in total. The van der Waals surface area contributed by atoms with Crippen LogP contribution < -0.4 is 5.32 Å². The maximum absolute atomic E-state index is 5.11. The molecule has 1 aliphatic carbocycles. The summed E-state index contributed by atoms with van der Waals surface area (Å²) < 4.78 is 5.11. The third kappa shape index (κ3) is 4.26. The first-order chi connectivity index (χ1) is 8.29. The molecule has 1 saturated carbocycles. The number of ether oxygens (including phenoxy) is 1. The SMILES string of the molecule is CCC(CC)C1(CNCCOC)CCCCC1. The van der Waals surface area contributed by atoms with Crippen LogP contribution in [0.5, 0.6) is 0 Å². The highest BCUT2D eigenvalue weighted by Gasteiger charge is 2.37. The first-order valence-electron chi connectivity index (χ1n) is 7.48. The summed E-state index contributed by atoms with van der Waals surface area (Å²) in [7, 11) is 1.78. The van der Waals surface area contributed by atoms with Gasteiger partial charge in [-0.05, 0) is 24.2 Å². The van der Waals surface area contributed by atoms with Crippen molar-refractivity contribution in [3.05, 3.63) is 0 Å². The van der Waals surface area contributed by atoms with Crippen LogP contribution in [0.3, 0.4) is 0 Å². The molecule has 0 radical (unpaired) electrons. The van der Waals surface area contributed by atoms with Crippen molar-refractivity contribution in [2.75, 3.05) is 26.8 Å². The summed E-state index contributed by atoms with van der Waals surface area (Å²) in [4.78, 5) is 0. The zero-order valence-electron chi connectivity index (χ0n) is 12.1. The molecule has 0 amide bonds. The predicted molar refractivity (Wildman–Crippen MR) is 74.3 cm³/mol. The van der Waals surface area contributed by atoms with Crippen LogP contribution in [0.2, 0.25) is 0 Å². The molecule has 0 aromatic carbocycles. The van der Waals surface area contributed by atoms with Gasteiger partial charge < -0.3 is 10.1 Å². The largest absolute Gasteiger partial charge is 0.383 e. The average Bonchev–Trinajstić information content (AvgIpc) is 2.37. The summed E-state index contributed by atoms with van der Waals surface area (Å²) in [6, 6.07) is 0. The van der Waals surface area contributed by atoms with Gasteiger partial charge in [-0.2, -0.15) is 0 Å². The fraction of sp³-hybridized carbons (Fsp3) is 1.00. The molecule has 2 heteroatoms. The molecule has 0 unspecified atom stereocenters. The Bertz CT molecular complexity index is 183. The Kier molecular flexibility index (Phi) is 7.14. The van der Waals surface area contributed by atoms with E-state index in [-0.39, 0.29) is 0 Å². The van der Waals surface area contributed by atoms with E-state index in [4.69, 9.17) is 4.74 Å². The summed E-state index contributed by atoms with van der Waals surface area (Å²) in [5.41, 5.74) is 0.579. The van der Waals surface area contributed by atoms with Crippen LogP contribution in [0.15, 0.2) is 0 Å². The Balaban J connectivity index is 2.51. The summed E-state index contributed by atoms with van der Waals surface area (Å²) in [5, 5.41) is 3.62. The molecule has 17 heavy (non-hydrogen) atoms. The zero-order valence-corrected chi connectivity index (χ0v) is 12.1. The number of nitrogens with one attached hydrogen (secondary N) is 1. The van der Waals surface area contributed by atoms with Gasteiger partial charge in [-0.25, -0.2) is 0 Å². The highest BCUT2D eigenvalue weighted by molar-refractivity contribution is 4.89. The van der Waals surface area contributed by atoms with E-state index in [9.17, 15) is 0 Å².